The molecule has 0 aliphatic carbocycles. The van der Waals surface area contributed by atoms with Crippen molar-refractivity contribution in [2.24, 2.45) is 11.7 Å². The van der Waals surface area contributed by atoms with Gasteiger partial charge in [0.05, 0.1) is 0 Å². The molecule has 5 heteroatoms. The molecule has 1 aromatic carbocycles. The van der Waals surface area contributed by atoms with Crippen LogP contribution in [0.5, 0.6) is 0 Å². The highest BCUT2D eigenvalue weighted by atomic mass is 16.2. The first-order valence-electron chi connectivity index (χ1n) is 9.83. The Bertz CT molecular complexity index is 554. The molecule has 2 saturated heterocycles. The SMILES string of the molecule is NCCC1CCCN(C(=O)NCc2ccccc2N2CCCCC2)C1. The summed E-state index contributed by atoms with van der Waals surface area (Å²) in [5.74, 6) is 0.560. The first-order valence-corrected chi connectivity index (χ1v) is 9.83. The number of hydrogen-bond donors (Lipinski definition) is 2. The van der Waals surface area contributed by atoms with E-state index in [4.69, 9.17) is 5.73 Å². The van der Waals surface area contributed by atoms with Crippen LogP contribution in [0.2, 0.25) is 0 Å². The number of likely N-dealkylation sites (tertiary alicyclic amines) is 1. The molecule has 3 N–H and O–H groups in total. The quantitative estimate of drug-likeness (QED) is 0.863. The number of nitrogens with zero attached hydrogens (tertiary/aromatic N) is 2. The third-order valence-electron chi connectivity index (χ3n) is 5.50. The number of amides is 2. The number of urea groups is 1. The van der Waals surface area contributed by atoms with E-state index >= 15 is 0 Å². The molecule has 0 saturated carbocycles. The topological polar surface area (TPSA) is 61.6 Å². The van der Waals surface area contributed by atoms with Gasteiger partial charge >= 0.3 is 6.03 Å². The van der Waals surface area contributed by atoms with Gasteiger partial charge < -0.3 is 20.9 Å². The number of anilines is 1. The van der Waals surface area contributed by atoms with Crippen molar-refractivity contribution in [1.29, 1.82) is 0 Å². The number of nitrogens with two attached hydrogens (primary N) is 1. The van der Waals surface area contributed by atoms with Crippen LogP contribution < -0.4 is 16.0 Å². The van der Waals surface area contributed by atoms with Crippen LogP contribution in [0, 0.1) is 5.92 Å². The number of nitrogens with one attached hydrogen (secondary N) is 1. The van der Waals surface area contributed by atoms with E-state index in [1.807, 2.05) is 4.90 Å². The van der Waals surface area contributed by atoms with Gasteiger partial charge in [-0.25, -0.2) is 4.79 Å². The van der Waals surface area contributed by atoms with E-state index in [9.17, 15) is 4.79 Å². The predicted molar refractivity (Wildman–Crippen MR) is 103 cm³/mol. The van der Waals surface area contributed by atoms with E-state index in [0.29, 0.717) is 19.0 Å². The summed E-state index contributed by atoms with van der Waals surface area (Å²) >= 11 is 0. The second-order valence-electron chi connectivity index (χ2n) is 7.37. The summed E-state index contributed by atoms with van der Waals surface area (Å²) in [5, 5.41) is 3.14. The van der Waals surface area contributed by atoms with E-state index in [-0.39, 0.29) is 6.03 Å². The fourth-order valence-electron chi connectivity index (χ4n) is 4.11. The smallest absolute Gasteiger partial charge is 0.317 e. The van der Waals surface area contributed by atoms with Crippen LogP contribution in [0.15, 0.2) is 24.3 Å². The second-order valence-corrected chi connectivity index (χ2v) is 7.37. The van der Waals surface area contributed by atoms with Gasteiger partial charge in [0.1, 0.15) is 0 Å². The Morgan fingerprint density at radius 1 is 1.12 bits per heavy atom. The molecule has 1 aromatic rings. The molecule has 0 aromatic heterocycles. The summed E-state index contributed by atoms with van der Waals surface area (Å²) in [6.45, 7) is 5.26. The van der Waals surface area contributed by atoms with Gasteiger partial charge in [-0.3, -0.25) is 0 Å². The van der Waals surface area contributed by atoms with E-state index < -0.39 is 0 Å². The Kier molecular flexibility index (Phi) is 6.56. The number of carbonyl (C=O) groups is 1. The van der Waals surface area contributed by atoms with E-state index in [0.717, 1.165) is 39.0 Å². The largest absolute Gasteiger partial charge is 0.371 e. The normalized spacial score (nSPS) is 21.2. The second kappa shape index (κ2) is 9.09. The molecule has 0 spiro atoms. The summed E-state index contributed by atoms with van der Waals surface area (Å²) in [5.41, 5.74) is 8.18. The molecule has 2 aliphatic heterocycles. The number of carbonyl (C=O) groups excluding carboxylic acids is 1. The average Bonchev–Trinajstić information content (AvgIpc) is 2.67. The molecule has 2 aliphatic rings. The summed E-state index contributed by atoms with van der Waals surface area (Å²) < 4.78 is 0. The van der Waals surface area contributed by atoms with Gasteiger partial charge in [0.25, 0.3) is 0 Å². The van der Waals surface area contributed by atoms with Crippen LogP contribution in [0.25, 0.3) is 0 Å². The summed E-state index contributed by atoms with van der Waals surface area (Å²) in [6.07, 6.45) is 7.14. The Morgan fingerprint density at radius 2 is 1.92 bits per heavy atom. The molecule has 2 fully saturated rings. The van der Waals surface area contributed by atoms with Crippen LogP contribution in [0.1, 0.15) is 44.1 Å². The molecule has 0 bridgehead atoms. The van der Waals surface area contributed by atoms with Crippen LogP contribution in [0.4, 0.5) is 10.5 Å². The molecule has 2 amide bonds. The highest BCUT2D eigenvalue weighted by Gasteiger charge is 2.23. The Labute approximate surface area is 151 Å². The van der Waals surface area contributed by atoms with Crippen molar-refractivity contribution in [1.82, 2.24) is 10.2 Å². The van der Waals surface area contributed by atoms with Crippen molar-refractivity contribution < 1.29 is 4.79 Å². The van der Waals surface area contributed by atoms with Gasteiger partial charge in [-0.2, -0.15) is 0 Å². The summed E-state index contributed by atoms with van der Waals surface area (Å²) in [7, 11) is 0. The van der Waals surface area contributed by atoms with Gasteiger partial charge in [0.2, 0.25) is 0 Å². The maximum absolute atomic E-state index is 12.6. The van der Waals surface area contributed by atoms with Gasteiger partial charge in [0.15, 0.2) is 0 Å². The van der Waals surface area contributed by atoms with Gasteiger partial charge in [-0.1, -0.05) is 18.2 Å². The zero-order valence-electron chi connectivity index (χ0n) is 15.3. The third kappa shape index (κ3) is 4.88. The highest BCUT2D eigenvalue weighted by molar-refractivity contribution is 5.74. The number of benzene rings is 1. The Morgan fingerprint density at radius 3 is 2.72 bits per heavy atom. The number of hydrogen-bond acceptors (Lipinski definition) is 3. The molecular formula is C20H32N4O. The van der Waals surface area contributed by atoms with Crippen LogP contribution in [0.3, 0.4) is 0 Å². The standard InChI is InChI=1S/C20H32N4O/c21-11-10-17-7-6-14-24(16-17)20(25)22-15-18-8-2-3-9-19(18)23-12-4-1-5-13-23/h2-3,8-9,17H,1,4-7,10-16,21H2,(H,22,25). The van der Waals surface area contributed by atoms with E-state index in [2.05, 4.69) is 34.5 Å². The van der Waals surface area contributed by atoms with Gasteiger partial charge in [-0.05, 0) is 62.6 Å². The third-order valence-corrected chi connectivity index (χ3v) is 5.50. The average molecular weight is 345 g/mol. The molecule has 3 rings (SSSR count). The molecule has 5 nitrogen and oxygen atoms in total. The zero-order chi connectivity index (χ0) is 17.5. The van der Waals surface area contributed by atoms with Crippen molar-refractivity contribution in [2.75, 3.05) is 37.6 Å². The van der Waals surface area contributed by atoms with E-state index in [1.165, 1.54) is 36.9 Å². The Hall–Kier alpha value is -1.75. The fourth-order valence-corrected chi connectivity index (χ4v) is 4.11. The van der Waals surface area contributed by atoms with Crippen molar-refractivity contribution in [3.8, 4) is 0 Å². The van der Waals surface area contributed by atoms with Crippen molar-refractivity contribution in [3.63, 3.8) is 0 Å². The van der Waals surface area contributed by atoms with Crippen molar-refractivity contribution in [3.05, 3.63) is 29.8 Å². The maximum atomic E-state index is 12.6. The van der Waals surface area contributed by atoms with Crippen LogP contribution >= 0.6 is 0 Å². The molecule has 2 heterocycles. The van der Waals surface area contributed by atoms with Gasteiger partial charge in [0, 0.05) is 38.4 Å². The zero-order valence-corrected chi connectivity index (χ0v) is 15.3. The Balaban J connectivity index is 1.57. The lowest BCUT2D eigenvalue weighted by Gasteiger charge is -2.33. The van der Waals surface area contributed by atoms with Crippen molar-refractivity contribution >= 4 is 11.7 Å². The fraction of sp³-hybridized carbons (Fsp3) is 0.650. The summed E-state index contributed by atoms with van der Waals surface area (Å²) in [4.78, 5) is 17.0. The van der Waals surface area contributed by atoms with Crippen LogP contribution in [-0.4, -0.2) is 43.7 Å². The predicted octanol–water partition coefficient (Wildman–Crippen LogP) is 2.95. The molecular weight excluding hydrogens is 312 g/mol. The maximum Gasteiger partial charge on any atom is 0.317 e. The molecule has 25 heavy (non-hydrogen) atoms. The lowest BCUT2D eigenvalue weighted by atomic mass is 9.95. The first kappa shape index (κ1) is 18.1. The van der Waals surface area contributed by atoms with E-state index in [1.54, 1.807) is 0 Å². The molecule has 0 radical (unpaired) electrons. The monoisotopic (exact) mass is 344 g/mol. The van der Waals surface area contributed by atoms with Crippen LogP contribution in [-0.2, 0) is 6.54 Å². The number of piperidine rings is 2. The first-order chi connectivity index (χ1) is 12.3. The lowest BCUT2D eigenvalue weighted by Crippen LogP contribution is -2.45. The minimum atomic E-state index is 0.0650. The molecule has 1 atom stereocenters. The molecule has 138 valence electrons. The van der Waals surface area contributed by atoms with Crippen molar-refractivity contribution in [2.45, 2.75) is 45.1 Å². The lowest BCUT2D eigenvalue weighted by molar-refractivity contribution is 0.163. The number of rotatable bonds is 5. The molecule has 1 unspecified atom stereocenters. The highest BCUT2D eigenvalue weighted by Crippen LogP contribution is 2.24. The summed E-state index contributed by atoms with van der Waals surface area (Å²) in [6, 6.07) is 8.54. The van der Waals surface area contributed by atoms with Gasteiger partial charge in [-0.15, -0.1) is 0 Å². The minimum absolute atomic E-state index is 0.0650. The number of para-hydroxylation sites is 1. The minimum Gasteiger partial charge on any atom is -0.371 e.